The minimum Gasteiger partial charge on any atom is -0.363 e. The van der Waals surface area contributed by atoms with Gasteiger partial charge in [0.15, 0.2) is 0 Å². The van der Waals surface area contributed by atoms with Crippen LogP contribution in [0.15, 0.2) is 66.9 Å². The summed E-state index contributed by atoms with van der Waals surface area (Å²) in [5.41, 5.74) is 3.71. The lowest BCUT2D eigenvalue weighted by Crippen LogP contribution is -2.50. The highest BCUT2D eigenvalue weighted by atomic mass is 16.2. The summed E-state index contributed by atoms with van der Waals surface area (Å²) in [6.45, 7) is 0. The summed E-state index contributed by atoms with van der Waals surface area (Å²) in [4.78, 5) is 13.9. The molecule has 3 aromatic rings. The smallest absolute Gasteiger partial charge is 0.257 e. The molecule has 35 heavy (non-hydrogen) atoms. The van der Waals surface area contributed by atoms with Gasteiger partial charge in [0.1, 0.15) is 11.4 Å². The standard InChI is InChI=1S/C30H32N4O/c35-28(33-29-14-19-11-22-12-23(16-29)30(22,15-19)18-29)24-17-31-34-26(21-9-5-2-6-10-21)13-25(32-27(24)34)20-7-3-1-4-8-20/h1-10,17,19,22-23,25-26,32H,11-16,18H2,(H,33,35). The molecular formula is C30H32N4O. The van der Waals surface area contributed by atoms with Crippen molar-refractivity contribution in [2.24, 2.45) is 23.2 Å². The fourth-order valence-corrected chi connectivity index (χ4v) is 9.13. The van der Waals surface area contributed by atoms with Gasteiger partial charge in [-0.15, -0.1) is 0 Å². The van der Waals surface area contributed by atoms with E-state index in [9.17, 15) is 4.79 Å². The van der Waals surface area contributed by atoms with Gasteiger partial charge in [-0.05, 0) is 79.2 Å². The molecule has 4 aliphatic carbocycles. The van der Waals surface area contributed by atoms with Crippen molar-refractivity contribution in [3.63, 3.8) is 0 Å². The molecule has 1 aromatic heterocycles. The van der Waals surface area contributed by atoms with Gasteiger partial charge in [-0.3, -0.25) is 4.79 Å². The van der Waals surface area contributed by atoms with Gasteiger partial charge < -0.3 is 10.6 Å². The van der Waals surface area contributed by atoms with Crippen LogP contribution in [0, 0.1) is 23.2 Å². The van der Waals surface area contributed by atoms with E-state index in [4.69, 9.17) is 5.10 Å². The molecule has 3 bridgehead atoms. The maximum Gasteiger partial charge on any atom is 0.257 e. The van der Waals surface area contributed by atoms with Gasteiger partial charge in [-0.1, -0.05) is 60.7 Å². The third-order valence-electron chi connectivity index (χ3n) is 10.3. The Labute approximate surface area is 206 Å². The molecule has 5 heteroatoms. The molecule has 7 unspecified atom stereocenters. The fourth-order valence-electron chi connectivity index (χ4n) is 9.13. The second kappa shape index (κ2) is 6.99. The second-order valence-corrected chi connectivity index (χ2v) is 12.1. The van der Waals surface area contributed by atoms with Gasteiger partial charge in [0.2, 0.25) is 0 Å². The summed E-state index contributed by atoms with van der Waals surface area (Å²) in [6.07, 6.45) is 10.5. The lowest BCUT2D eigenvalue weighted by atomic mass is 9.56. The Morgan fingerprint density at radius 3 is 2.49 bits per heavy atom. The third kappa shape index (κ3) is 2.81. The van der Waals surface area contributed by atoms with E-state index in [2.05, 4.69) is 71.3 Å². The highest BCUT2D eigenvalue weighted by Gasteiger charge is 2.71. The average molecular weight is 465 g/mol. The first-order valence-electron chi connectivity index (χ1n) is 13.4. The van der Waals surface area contributed by atoms with Crippen LogP contribution in [-0.4, -0.2) is 21.2 Å². The van der Waals surface area contributed by atoms with Crippen LogP contribution in [0.4, 0.5) is 5.82 Å². The van der Waals surface area contributed by atoms with Gasteiger partial charge in [0.25, 0.3) is 5.91 Å². The first-order valence-corrected chi connectivity index (χ1v) is 13.4. The van der Waals surface area contributed by atoms with E-state index in [1.54, 1.807) is 6.20 Å². The van der Waals surface area contributed by atoms with Crippen molar-refractivity contribution in [3.8, 4) is 0 Å². The van der Waals surface area contributed by atoms with Crippen LogP contribution in [0.3, 0.4) is 0 Å². The largest absolute Gasteiger partial charge is 0.363 e. The quantitative estimate of drug-likeness (QED) is 0.519. The van der Waals surface area contributed by atoms with Crippen molar-refractivity contribution in [2.75, 3.05) is 5.32 Å². The van der Waals surface area contributed by atoms with E-state index < -0.39 is 0 Å². The predicted molar refractivity (Wildman–Crippen MR) is 135 cm³/mol. The Morgan fingerprint density at radius 1 is 0.914 bits per heavy atom. The SMILES string of the molecule is O=C(NC12CC3CC4CC(C1)C4(C3)C2)c1cnn2c1NC(c1ccccc1)CC2c1ccccc1. The monoisotopic (exact) mass is 464 g/mol. The molecule has 4 saturated carbocycles. The number of carbonyl (C=O) groups excluding carboxylic acids is 1. The normalized spacial score (nSPS) is 37.8. The molecule has 1 spiro atoms. The molecule has 8 rings (SSSR count). The number of fused-ring (bicyclic) bond motifs is 3. The average Bonchev–Trinajstić information content (AvgIpc) is 3.45. The number of amides is 1. The zero-order chi connectivity index (χ0) is 23.2. The minimum absolute atomic E-state index is 0.00291. The molecule has 5 nitrogen and oxygen atoms in total. The highest BCUT2D eigenvalue weighted by Crippen LogP contribution is 2.76. The number of nitrogens with one attached hydrogen (secondary N) is 2. The van der Waals surface area contributed by atoms with E-state index in [0.717, 1.165) is 30.0 Å². The van der Waals surface area contributed by atoms with Gasteiger partial charge in [0.05, 0.1) is 18.3 Å². The summed E-state index contributed by atoms with van der Waals surface area (Å²) in [7, 11) is 0. The minimum atomic E-state index is -0.00291. The van der Waals surface area contributed by atoms with E-state index in [1.165, 1.54) is 49.7 Å². The van der Waals surface area contributed by atoms with Crippen LogP contribution in [0.1, 0.15) is 78.5 Å². The molecule has 0 radical (unpaired) electrons. The zero-order valence-electron chi connectivity index (χ0n) is 20.0. The molecule has 5 aliphatic rings. The van der Waals surface area contributed by atoms with Gasteiger partial charge in [-0.2, -0.15) is 5.10 Å². The van der Waals surface area contributed by atoms with E-state index in [1.807, 2.05) is 4.68 Å². The molecule has 1 amide bonds. The van der Waals surface area contributed by atoms with Crippen molar-refractivity contribution in [3.05, 3.63) is 83.6 Å². The van der Waals surface area contributed by atoms with Crippen molar-refractivity contribution in [2.45, 2.75) is 62.6 Å². The molecule has 1 aliphatic heterocycles. The molecule has 2 aromatic carbocycles. The summed E-state index contributed by atoms with van der Waals surface area (Å²) in [6, 6.07) is 21.4. The fraction of sp³-hybridized carbons (Fsp3) is 0.467. The summed E-state index contributed by atoms with van der Waals surface area (Å²) in [5, 5.41) is 12.1. The number of nitrogens with zero attached hydrogens (tertiary/aromatic N) is 2. The Morgan fingerprint density at radius 2 is 1.69 bits per heavy atom. The highest BCUT2D eigenvalue weighted by molar-refractivity contribution is 5.99. The van der Waals surface area contributed by atoms with Crippen LogP contribution in [0.25, 0.3) is 0 Å². The van der Waals surface area contributed by atoms with Crippen molar-refractivity contribution in [1.82, 2.24) is 15.1 Å². The predicted octanol–water partition coefficient (Wildman–Crippen LogP) is 5.73. The molecule has 7 atom stereocenters. The molecule has 2 heterocycles. The maximum absolute atomic E-state index is 13.9. The number of hydrogen-bond acceptors (Lipinski definition) is 3. The third-order valence-corrected chi connectivity index (χ3v) is 10.3. The van der Waals surface area contributed by atoms with Crippen molar-refractivity contribution >= 4 is 11.7 Å². The second-order valence-electron chi connectivity index (χ2n) is 12.1. The molecular weight excluding hydrogens is 432 g/mol. The van der Waals surface area contributed by atoms with Crippen molar-refractivity contribution < 1.29 is 4.79 Å². The first-order chi connectivity index (χ1) is 17.1. The topological polar surface area (TPSA) is 59.0 Å². The van der Waals surface area contributed by atoms with Crippen LogP contribution >= 0.6 is 0 Å². The van der Waals surface area contributed by atoms with Crippen LogP contribution in [-0.2, 0) is 0 Å². The molecule has 178 valence electrons. The number of aromatic nitrogens is 2. The van der Waals surface area contributed by atoms with E-state index in [0.29, 0.717) is 11.0 Å². The summed E-state index contributed by atoms with van der Waals surface area (Å²) < 4.78 is 2.04. The lowest BCUT2D eigenvalue weighted by molar-refractivity contribution is -0.000690. The first kappa shape index (κ1) is 20.1. The summed E-state index contributed by atoms with van der Waals surface area (Å²) >= 11 is 0. The maximum atomic E-state index is 13.9. The Kier molecular flexibility index (Phi) is 4.02. The van der Waals surface area contributed by atoms with Crippen LogP contribution in [0.5, 0.6) is 0 Å². The van der Waals surface area contributed by atoms with Crippen LogP contribution < -0.4 is 10.6 Å². The zero-order valence-corrected chi connectivity index (χ0v) is 20.0. The van der Waals surface area contributed by atoms with Crippen LogP contribution in [0.2, 0.25) is 0 Å². The van der Waals surface area contributed by atoms with Gasteiger partial charge >= 0.3 is 0 Å². The lowest BCUT2D eigenvalue weighted by Gasteiger charge is -2.49. The Balaban J connectivity index is 1.14. The molecule has 4 fully saturated rings. The molecule has 2 N–H and O–H groups in total. The van der Waals surface area contributed by atoms with Crippen molar-refractivity contribution in [1.29, 1.82) is 0 Å². The number of carbonyl (C=O) groups is 1. The Hall–Kier alpha value is -3.08. The molecule has 0 saturated heterocycles. The van der Waals surface area contributed by atoms with E-state index in [-0.39, 0.29) is 23.5 Å². The van der Waals surface area contributed by atoms with Gasteiger partial charge in [0, 0.05) is 5.54 Å². The summed E-state index contributed by atoms with van der Waals surface area (Å²) in [5.74, 6) is 3.48. The number of rotatable bonds is 4. The number of anilines is 1. The van der Waals surface area contributed by atoms with Gasteiger partial charge in [-0.25, -0.2) is 4.68 Å². The number of benzene rings is 2. The Bertz CT molecular complexity index is 1300. The van der Waals surface area contributed by atoms with E-state index >= 15 is 0 Å². The number of hydrogen-bond donors (Lipinski definition) is 2.